The van der Waals surface area contributed by atoms with Gasteiger partial charge in [-0.15, -0.1) is 0 Å². The highest BCUT2D eigenvalue weighted by atomic mass is 16.3. The van der Waals surface area contributed by atoms with Crippen molar-refractivity contribution in [1.82, 2.24) is 0 Å². The van der Waals surface area contributed by atoms with Gasteiger partial charge in [-0.2, -0.15) is 0 Å². The van der Waals surface area contributed by atoms with Gasteiger partial charge in [0, 0.05) is 0 Å². The molecule has 0 amide bonds. The van der Waals surface area contributed by atoms with E-state index in [4.69, 9.17) is 0 Å². The van der Waals surface area contributed by atoms with Crippen LogP contribution in [0.1, 0.15) is 66.7 Å². The normalized spacial score (nSPS) is 15.8. The molecular formula is C15H28O. The van der Waals surface area contributed by atoms with Crippen LogP contribution in [0.4, 0.5) is 0 Å². The van der Waals surface area contributed by atoms with Gasteiger partial charge in [0.15, 0.2) is 0 Å². The predicted octanol–water partition coefficient (Wildman–Crippen LogP) is 4.62. The van der Waals surface area contributed by atoms with Gasteiger partial charge in [0.25, 0.3) is 0 Å². The number of hydrogen-bond donors (Lipinski definition) is 1. The summed E-state index contributed by atoms with van der Waals surface area (Å²) in [4.78, 5) is 0. The van der Waals surface area contributed by atoms with E-state index in [9.17, 15) is 5.11 Å². The molecule has 0 aromatic heterocycles. The third-order valence-electron chi connectivity index (χ3n) is 3.03. The summed E-state index contributed by atoms with van der Waals surface area (Å²) in [5.41, 5.74) is 2.34. The molecule has 0 rings (SSSR count). The van der Waals surface area contributed by atoms with Crippen molar-refractivity contribution in [2.45, 2.75) is 72.3 Å². The molecule has 0 heterocycles. The van der Waals surface area contributed by atoms with E-state index in [1.54, 1.807) is 0 Å². The molecule has 0 aromatic carbocycles. The molecule has 0 aliphatic rings. The van der Waals surface area contributed by atoms with Crippen molar-refractivity contribution in [2.75, 3.05) is 0 Å². The molecule has 0 saturated carbocycles. The van der Waals surface area contributed by atoms with Crippen LogP contribution in [-0.2, 0) is 0 Å². The van der Waals surface area contributed by atoms with Crippen molar-refractivity contribution in [2.24, 2.45) is 0 Å². The molecule has 1 N–H and O–H groups in total. The topological polar surface area (TPSA) is 20.2 Å². The van der Waals surface area contributed by atoms with Crippen molar-refractivity contribution < 1.29 is 5.11 Å². The highest BCUT2D eigenvalue weighted by molar-refractivity contribution is 5.02. The van der Waals surface area contributed by atoms with Crippen LogP contribution in [0.15, 0.2) is 23.3 Å². The summed E-state index contributed by atoms with van der Waals surface area (Å²) in [6.45, 7) is 10.4. The van der Waals surface area contributed by atoms with Gasteiger partial charge in [-0.3, -0.25) is 0 Å². The van der Waals surface area contributed by atoms with Crippen LogP contribution < -0.4 is 0 Å². The minimum absolute atomic E-state index is 0.489. The van der Waals surface area contributed by atoms with Crippen molar-refractivity contribution in [3.63, 3.8) is 0 Å². The van der Waals surface area contributed by atoms with E-state index in [0.29, 0.717) is 0 Å². The van der Waals surface area contributed by atoms with Crippen LogP contribution in [0.25, 0.3) is 0 Å². The van der Waals surface area contributed by atoms with Gasteiger partial charge in [0.1, 0.15) is 0 Å². The lowest BCUT2D eigenvalue weighted by Crippen LogP contribution is -2.21. The molecule has 0 aliphatic heterocycles. The van der Waals surface area contributed by atoms with E-state index in [-0.39, 0.29) is 0 Å². The molecule has 1 heteroatoms. The largest absolute Gasteiger partial charge is 0.390 e. The number of hydrogen-bond acceptors (Lipinski definition) is 1. The van der Waals surface area contributed by atoms with Crippen LogP contribution in [0, 0.1) is 0 Å². The van der Waals surface area contributed by atoms with Crippen LogP contribution in [0.3, 0.4) is 0 Å². The number of aliphatic hydroxyl groups is 1. The lowest BCUT2D eigenvalue weighted by molar-refractivity contribution is 0.0480. The summed E-state index contributed by atoms with van der Waals surface area (Å²) < 4.78 is 0. The molecule has 16 heavy (non-hydrogen) atoms. The fraction of sp³-hybridized carbons (Fsp3) is 0.733. The van der Waals surface area contributed by atoms with Crippen molar-refractivity contribution in [3.05, 3.63) is 23.3 Å². The van der Waals surface area contributed by atoms with E-state index in [1.165, 1.54) is 11.1 Å². The smallest absolute Gasteiger partial charge is 0.0620 e. The Morgan fingerprint density at radius 2 is 1.75 bits per heavy atom. The summed E-state index contributed by atoms with van der Waals surface area (Å²) in [5, 5.41) is 9.85. The Morgan fingerprint density at radius 1 is 1.12 bits per heavy atom. The SMILES string of the molecule is CC[C@](C)(O)CC/C=C(/C)CCC=C(C)C. The third-order valence-corrected chi connectivity index (χ3v) is 3.03. The Bertz CT molecular complexity index is 242. The second-order valence-electron chi connectivity index (χ2n) is 5.26. The van der Waals surface area contributed by atoms with Crippen molar-refractivity contribution >= 4 is 0 Å². The maximum atomic E-state index is 9.85. The molecule has 0 spiro atoms. The average molecular weight is 224 g/mol. The minimum Gasteiger partial charge on any atom is -0.390 e. The Hall–Kier alpha value is -0.560. The van der Waals surface area contributed by atoms with E-state index >= 15 is 0 Å². The Morgan fingerprint density at radius 3 is 2.25 bits per heavy atom. The zero-order valence-corrected chi connectivity index (χ0v) is 11.6. The molecule has 0 aromatic rings. The van der Waals surface area contributed by atoms with Crippen LogP contribution in [0.5, 0.6) is 0 Å². The molecule has 0 bridgehead atoms. The van der Waals surface area contributed by atoms with Gasteiger partial charge in [-0.25, -0.2) is 0 Å². The van der Waals surface area contributed by atoms with E-state index < -0.39 is 5.60 Å². The van der Waals surface area contributed by atoms with Gasteiger partial charge < -0.3 is 5.11 Å². The fourth-order valence-electron chi connectivity index (χ4n) is 1.50. The van der Waals surface area contributed by atoms with Crippen molar-refractivity contribution in [3.8, 4) is 0 Å². The maximum absolute atomic E-state index is 9.85. The van der Waals surface area contributed by atoms with Gasteiger partial charge >= 0.3 is 0 Å². The zero-order chi connectivity index (χ0) is 12.6. The van der Waals surface area contributed by atoms with Crippen molar-refractivity contribution in [1.29, 1.82) is 0 Å². The Kier molecular flexibility index (Phi) is 7.40. The number of rotatable bonds is 7. The summed E-state index contributed by atoms with van der Waals surface area (Å²) in [7, 11) is 0. The van der Waals surface area contributed by atoms with E-state index in [0.717, 1.165) is 32.1 Å². The first kappa shape index (κ1) is 15.4. The average Bonchev–Trinajstić information content (AvgIpc) is 2.17. The van der Waals surface area contributed by atoms with Gasteiger partial charge in [0.2, 0.25) is 0 Å². The predicted molar refractivity (Wildman–Crippen MR) is 72.6 cm³/mol. The van der Waals surface area contributed by atoms with Gasteiger partial charge in [-0.1, -0.05) is 30.2 Å². The first-order valence-corrected chi connectivity index (χ1v) is 6.39. The number of allylic oxidation sites excluding steroid dienone is 4. The molecule has 94 valence electrons. The minimum atomic E-state index is -0.489. The van der Waals surface area contributed by atoms with Gasteiger partial charge in [0.05, 0.1) is 5.60 Å². The quantitative estimate of drug-likeness (QED) is 0.626. The monoisotopic (exact) mass is 224 g/mol. The highest BCUT2D eigenvalue weighted by Gasteiger charge is 2.15. The Labute approximate surface area is 101 Å². The standard InChI is InChI=1S/C15H28O/c1-6-15(5,16)12-8-11-14(4)10-7-9-13(2)3/h9,11,16H,6-8,10,12H2,1-5H3/b14-11-/t15-/m0/s1. The highest BCUT2D eigenvalue weighted by Crippen LogP contribution is 2.17. The first-order chi connectivity index (χ1) is 7.37. The lowest BCUT2D eigenvalue weighted by Gasteiger charge is -2.20. The molecule has 1 atom stereocenters. The van der Waals surface area contributed by atoms with E-state index in [2.05, 4.69) is 32.9 Å². The first-order valence-electron chi connectivity index (χ1n) is 6.39. The zero-order valence-electron chi connectivity index (χ0n) is 11.6. The molecule has 0 fully saturated rings. The summed E-state index contributed by atoms with van der Waals surface area (Å²) in [5.74, 6) is 0. The van der Waals surface area contributed by atoms with Crippen LogP contribution in [0.2, 0.25) is 0 Å². The molecule has 0 unspecified atom stereocenters. The summed E-state index contributed by atoms with van der Waals surface area (Å²) >= 11 is 0. The molecule has 1 nitrogen and oxygen atoms in total. The molecular weight excluding hydrogens is 196 g/mol. The van der Waals surface area contributed by atoms with E-state index in [1.807, 2.05) is 13.8 Å². The molecule has 0 aliphatic carbocycles. The molecule has 0 saturated heterocycles. The van der Waals surface area contributed by atoms with Crippen LogP contribution >= 0.6 is 0 Å². The van der Waals surface area contributed by atoms with Gasteiger partial charge in [-0.05, 0) is 59.8 Å². The fourth-order valence-corrected chi connectivity index (χ4v) is 1.50. The Balaban J connectivity index is 3.83. The third kappa shape index (κ3) is 8.72. The lowest BCUT2D eigenvalue weighted by atomic mass is 9.96. The summed E-state index contributed by atoms with van der Waals surface area (Å²) in [6.07, 6.45) is 9.50. The summed E-state index contributed by atoms with van der Waals surface area (Å²) in [6, 6.07) is 0. The maximum Gasteiger partial charge on any atom is 0.0620 e. The second kappa shape index (κ2) is 7.67. The molecule has 0 radical (unpaired) electrons. The second-order valence-corrected chi connectivity index (χ2v) is 5.26. The van der Waals surface area contributed by atoms with Crippen LogP contribution in [-0.4, -0.2) is 10.7 Å².